The summed E-state index contributed by atoms with van der Waals surface area (Å²) in [5.41, 5.74) is 1.67. The third-order valence-corrected chi connectivity index (χ3v) is 8.15. The van der Waals surface area contributed by atoms with E-state index in [-0.39, 0.29) is 17.5 Å². The van der Waals surface area contributed by atoms with E-state index in [1.807, 2.05) is 36.4 Å². The maximum atomic E-state index is 13.5. The zero-order valence-corrected chi connectivity index (χ0v) is 21.9. The topological polar surface area (TPSA) is 75.9 Å². The lowest BCUT2D eigenvalue weighted by Crippen LogP contribution is -2.29. The van der Waals surface area contributed by atoms with Crippen LogP contribution in [0.5, 0.6) is 5.75 Å². The van der Waals surface area contributed by atoms with Crippen molar-refractivity contribution in [2.45, 2.75) is 45.2 Å². The summed E-state index contributed by atoms with van der Waals surface area (Å²) in [7, 11) is 1.62. The molecule has 0 bridgehead atoms. The van der Waals surface area contributed by atoms with Gasteiger partial charge in [0.25, 0.3) is 11.5 Å². The number of carbonyl (C=O) groups excluding carboxylic acids is 1. The minimum absolute atomic E-state index is 0.212. The molecule has 1 aliphatic heterocycles. The monoisotopic (exact) mass is 520 g/mol. The molecule has 2 fully saturated rings. The summed E-state index contributed by atoms with van der Waals surface area (Å²) in [6.45, 7) is 2.63. The number of nitrogens with one attached hydrogen (secondary N) is 1. The predicted molar refractivity (Wildman–Crippen MR) is 148 cm³/mol. The van der Waals surface area contributed by atoms with Crippen molar-refractivity contribution >= 4 is 51.7 Å². The van der Waals surface area contributed by atoms with Gasteiger partial charge in [0.15, 0.2) is 0 Å². The largest absolute Gasteiger partial charge is 0.497 e. The predicted octanol–water partition coefficient (Wildman–Crippen LogP) is 5.10. The highest BCUT2D eigenvalue weighted by Gasteiger charge is 2.33. The van der Waals surface area contributed by atoms with Crippen molar-refractivity contribution in [1.29, 1.82) is 0 Å². The molecule has 1 saturated heterocycles. The van der Waals surface area contributed by atoms with Crippen LogP contribution in [0.3, 0.4) is 0 Å². The number of carbonyl (C=O) groups is 1. The van der Waals surface area contributed by atoms with Gasteiger partial charge in [-0.05, 0) is 67.5 Å². The van der Waals surface area contributed by atoms with Crippen molar-refractivity contribution in [3.8, 4) is 5.75 Å². The normalized spacial score (nSPS) is 21.4. The van der Waals surface area contributed by atoms with Gasteiger partial charge in [-0.2, -0.15) is 0 Å². The van der Waals surface area contributed by atoms with Gasteiger partial charge in [-0.25, -0.2) is 4.98 Å². The summed E-state index contributed by atoms with van der Waals surface area (Å²) < 4.78 is 7.19. The molecule has 0 atom stereocenters. The molecule has 0 radical (unpaired) electrons. The molecule has 2 aromatic heterocycles. The highest BCUT2D eigenvalue weighted by molar-refractivity contribution is 8.26. The van der Waals surface area contributed by atoms with E-state index >= 15 is 0 Å². The first-order chi connectivity index (χ1) is 17.4. The zero-order chi connectivity index (χ0) is 25.2. The number of thioether (sulfide) groups is 1. The maximum absolute atomic E-state index is 13.5. The average molecular weight is 521 g/mol. The molecule has 3 heterocycles. The zero-order valence-electron chi connectivity index (χ0n) is 20.3. The van der Waals surface area contributed by atoms with Crippen LogP contribution < -0.4 is 15.6 Å². The van der Waals surface area contributed by atoms with Crippen molar-refractivity contribution in [1.82, 2.24) is 14.3 Å². The van der Waals surface area contributed by atoms with E-state index in [0.29, 0.717) is 38.7 Å². The summed E-state index contributed by atoms with van der Waals surface area (Å²) in [6, 6.07) is 13.2. The first kappa shape index (κ1) is 24.5. The number of methoxy groups -OCH3 is 1. The minimum atomic E-state index is -0.215. The van der Waals surface area contributed by atoms with Crippen molar-refractivity contribution < 1.29 is 9.53 Å². The quantitative estimate of drug-likeness (QED) is 0.358. The Morgan fingerprint density at radius 1 is 1.14 bits per heavy atom. The van der Waals surface area contributed by atoms with E-state index in [2.05, 4.69) is 12.2 Å². The van der Waals surface area contributed by atoms with Gasteiger partial charge in [-0.15, -0.1) is 0 Å². The van der Waals surface area contributed by atoms with E-state index in [1.54, 1.807) is 30.3 Å². The molecule has 1 N–H and O–H groups in total. The van der Waals surface area contributed by atoms with E-state index in [1.165, 1.54) is 16.2 Å². The van der Waals surface area contributed by atoms with E-state index in [9.17, 15) is 9.59 Å². The van der Waals surface area contributed by atoms with Crippen molar-refractivity contribution in [2.24, 2.45) is 5.92 Å². The lowest BCUT2D eigenvalue weighted by molar-refractivity contribution is -0.122. The Labute approximate surface area is 219 Å². The number of hydrogen-bond acceptors (Lipinski definition) is 7. The Morgan fingerprint density at radius 3 is 2.61 bits per heavy atom. The number of nitrogens with zero attached hydrogens (tertiary/aromatic N) is 3. The molecule has 1 amide bonds. The molecule has 1 aromatic carbocycles. The molecule has 0 unspecified atom stereocenters. The standard InChI is InChI=1S/C27H28N4O3S2/c1-17-6-10-19(11-7-17)28-24-21(25(32)30-14-4-3-5-23(30)29-24)15-22-26(33)31(27(35)36-22)16-18-8-12-20(34-2)13-9-18/h3-5,8-9,12-15,17,19,28H,6-7,10-11,16H2,1-2H3. The Bertz CT molecular complexity index is 1390. The Morgan fingerprint density at radius 2 is 1.89 bits per heavy atom. The summed E-state index contributed by atoms with van der Waals surface area (Å²) in [5, 5.41) is 3.52. The van der Waals surface area contributed by atoms with E-state index in [4.69, 9.17) is 21.9 Å². The fourth-order valence-corrected chi connectivity index (χ4v) is 5.86. The van der Waals surface area contributed by atoms with Crippen molar-refractivity contribution in [2.75, 3.05) is 12.4 Å². The van der Waals surface area contributed by atoms with E-state index < -0.39 is 0 Å². The SMILES string of the molecule is COc1ccc(CN2C(=O)C(=Cc3c(NC4CCC(C)CC4)nc4ccccn4c3=O)SC2=S)cc1. The summed E-state index contributed by atoms with van der Waals surface area (Å²) >= 11 is 6.74. The average Bonchev–Trinajstić information content (AvgIpc) is 3.15. The molecule has 2 aliphatic rings. The molecular weight excluding hydrogens is 492 g/mol. The first-order valence-electron chi connectivity index (χ1n) is 12.1. The number of aromatic nitrogens is 2. The highest BCUT2D eigenvalue weighted by Crippen LogP contribution is 2.35. The van der Waals surface area contributed by atoms with Gasteiger partial charge in [-0.1, -0.05) is 49.1 Å². The fourth-order valence-electron chi connectivity index (χ4n) is 4.62. The number of benzene rings is 1. The number of rotatable bonds is 6. The minimum Gasteiger partial charge on any atom is -0.497 e. The number of fused-ring (bicyclic) bond motifs is 1. The van der Waals surface area contributed by atoms with Crippen molar-refractivity contribution in [3.05, 3.63) is 75.0 Å². The number of amides is 1. The summed E-state index contributed by atoms with van der Waals surface area (Å²) in [6.07, 6.45) is 7.69. The lowest BCUT2D eigenvalue weighted by atomic mass is 9.87. The fraction of sp³-hybridized carbons (Fsp3) is 0.333. The Kier molecular flexibility index (Phi) is 7.11. The first-order valence-corrected chi connectivity index (χ1v) is 13.3. The smallest absolute Gasteiger partial charge is 0.267 e. The number of ether oxygens (including phenoxy) is 1. The van der Waals surface area contributed by atoms with Crippen LogP contribution in [0.1, 0.15) is 43.7 Å². The van der Waals surface area contributed by atoms with Crippen LogP contribution in [0, 0.1) is 5.92 Å². The Balaban J connectivity index is 1.47. The number of hydrogen-bond donors (Lipinski definition) is 1. The van der Waals surface area contributed by atoms with Crippen LogP contribution in [0.15, 0.2) is 58.4 Å². The molecule has 36 heavy (non-hydrogen) atoms. The van der Waals surface area contributed by atoms with Crippen LogP contribution in [0.4, 0.5) is 5.82 Å². The number of thiocarbonyl (C=S) groups is 1. The van der Waals surface area contributed by atoms with Crippen LogP contribution in [-0.4, -0.2) is 37.7 Å². The number of anilines is 1. The molecule has 1 aliphatic carbocycles. The molecule has 0 spiro atoms. The third kappa shape index (κ3) is 5.03. The van der Waals surface area contributed by atoms with Crippen LogP contribution in [-0.2, 0) is 11.3 Å². The van der Waals surface area contributed by atoms with E-state index in [0.717, 1.165) is 37.0 Å². The third-order valence-electron chi connectivity index (χ3n) is 6.77. The maximum Gasteiger partial charge on any atom is 0.267 e. The second-order valence-corrected chi connectivity index (χ2v) is 11.0. The summed E-state index contributed by atoms with van der Waals surface area (Å²) in [5.74, 6) is 1.77. The van der Waals surface area contributed by atoms with Gasteiger partial charge >= 0.3 is 0 Å². The molecule has 1 saturated carbocycles. The van der Waals surface area contributed by atoms with Gasteiger partial charge < -0.3 is 10.1 Å². The molecule has 5 rings (SSSR count). The molecule has 3 aromatic rings. The van der Waals surface area contributed by atoms with Crippen molar-refractivity contribution in [3.63, 3.8) is 0 Å². The molecular formula is C27H28N4O3S2. The van der Waals surface area contributed by atoms with Crippen LogP contribution in [0.2, 0.25) is 0 Å². The van der Waals surface area contributed by atoms with Gasteiger partial charge in [0.05, 0.1) is 24.1 Å². The van der Waals surface area contributed by atoms with Crippen LogP contribution in [0.25, 0.3) is 11.7 Å². The van der Waals surface area contributed by atoms with Gasteiger partial charge in [0, 0.05) is 12.2 Å². The van der Waals surface area contributed by atoms with Crippen LogP contribution >= 0.6 is 24.0 Å². The molecule has 7 nitrogen and oxygen atoms in total. The van der Waals surface area contributed by atoms with Gasteiger partial charge in [-0.3, -0.25) is 18.9 Å². The number of pyridine rings is 1. The van der Waals surface area contributed by atoms with Gasteiger partial charge in [0.1, 0.15) is 21.5 Å². The second-order valence-electron chi connectivity index (χ2n) is 9.33. The molecule has 186 valence electrons. The second kappa shape index (κ2) is 10.4. The Hall–Kier alpha value is -3.17. The molecule has 9 heteroatoms. The summed E-state index contributed by atoms with van der Waals surface area (Å²) in [4.78, 5) is 33.6. The van der Waals surface area contributed by atoms with Gasteiger partial charge in [0.2, 0.25) is 0 Å². The lowest BCUT2D eigenvalue weighted by Gasteiger charge is -2.27. The highest BCUT2D eigenvalue weighted by atomic mass is 32.2.